The van der Waals surface area contributed by atoms with Crippen molar-refractivity contribution >= 4 is 10.8 Å². The van der Waals surface area contributed by atoms with Gasteiger partial charge in [-0.05, 0) is 98.2 Å². The molecule has 0 N–H and O–H groups in total. The number of hydrogen-bond acceptors (Lipinski definition) is 2. The number of ether oxygens (including phenoxy) is 1. The van der Waals surface area contributed by atoms with Crippen LogP contribution in [0.5, 0.6) is 5.75 Å². The van der Waals surface area contributed by atoms with Gasteiger partial charge in [0.1, 0.15) is 5.75 Å². The van der Waals surface area contributed by atoms with Gasteiger partial charge in [0.2, 0.25) is 0 Å². The van der Waals surface area contributed by atoms with Crippen LogP contribution in [0.1, 0.15) is 77.3 Å². The highest BCUT2D eigenvalue weighted by Crippen LogP contribution is 2.40. The number of benzene rings is 2. The van der Waals surface area contributed by atoms with E-state index in [1.807, 2.05) is 0 Å². The van der Waals surface area contributed by atoms with Crippen molar-refractivity contribution in [1.82, 2.24) is 4.90 Å². The van der Waals surface area contributed by atoms with Crippen LogP contribution in [0.3, 0.4) is 0 Å². The molecule has 2 aromatic rings. The summed E-state index contributed by atoms with van der Waals surface area (Å²) in [5.74, 6) is 2.83. The van der Waals surface area contributed by atoms with Gasteiger partial charge in [-0.25, -0.2) is 0 Å². The smallest absolute Gasteiger partial charge is 0.125 e. The van der Waals surface area contributed by atoms with Crippen molar-refractivity contribution in [3.8, 4) is 5.75 Å². The van der Waals surface area contributed by atoms with Crippen molar-refractivity contribution in [2.75, 3.05) is 13.1 Å². The molecule has 0 unspecified atom stereocenters. The summed E-state index contributed by atoms with van der Waals surface area (Å²) in [6.07, 6.45) is 7.96. The molecule has 2 nitrogen and oxygen atoms in total. The number of hydrogen-bond donors (Lipinski definition) is 0. The Morgan fingerprint density at radius 2 is 1.57 bits per heavy atom. The Kier molecular flexibility index (Phi) is 6.44. The van der Waals surface area contributed by atoms with Crippen LogP contribution < -0.4 is 4.74 Å². The van der Waals surface area contributed by atoms with Crippen LogP contribution in [0.4, 0.5) is 0 Å². The zero-order chi connectivity index (χ0) is 21.3. The van der Waals surface area contributed by atoms with Crippen LogP contribution in [-0.4, -0.2) is 24.1 Å². The van der Waals surface area contributed by atoms with Gasteiger partial charge >= 0.3 is 0 Å². The summed E-state index contributed by atoms with van der Waals surface area (Å²) < 4.78 is 6.77. The third-order valence-electron chi connectivity index (χ3n) is 7.77. The molecule has 0 aromatic heterocycles. The fourth-order valence-electron chi connectivity index (χ4n) is 5.52. The minimum absolute atomic E-state index is 0.365. The van der Waals surface area contributed by atoms with Gasteiger partial charge in [-0.15, -0.1) is 0 Å². The number of rotatable bonds is 4. The molecule has 1 saturated heterocycles. The van der Waals surface area contributed by atoms with Gasteiger partial charge in [-0.2, -0.15) is 0 Å². The summed E-state index contributed by atoms with van der Waals surface area (Å²) in [6.45, 7) is 15.2. The molecule has 0 radical (unpaired) electrons. The lowest BCUT2D eigenvalue weighted by atomic mass is 9.72. The highest BCUT2D eigenvalue weighted by molar-refractivity contribution is 5.90. The highest BCUT2D eigenvalue weighted by Gasteiger charge is 2.31. The lowest BCUT2D eigenvalue weighted by molar-refractivity contribution is 0.0865. The van der Waals surface area contributed by atoms with Crippen molar-refractivity contribution in [3.05, 3.63) is 41.5 Å². The number of likely N-dealkylation sites (tertiary alicyclic amines) is 1. The number of aryl methyl sites for hydroxylation is 1. The van der Waals surface area contributed by atoms with E-state index in [0.29, 0.717) is 11.5 Å². The first-order valence-corrected chi connectivity index (χ1v) is 12.2. The molecule has 2 aromatic carbocycles. The third kappa shape index (κ3) is 4.85. The van der Waals surface area contributed by atoms with E-state index < -0.39 is 0 Å². The Morgan fingerprint density at radius 3 is 2.20 bits per heavy atom. The van der Waals surface area contributed by atoms with Crippen LogP contribution in [0, 0.1) is 24.2 Å². The molecule has 1 aliphatic carbocycles. The second-order valence-electron chi connectivity index (χ2n) is 11.1. The van der Waals surface area contributed by atoms with Gasteiger partial charge in [0.25, 0.3) is 0 Å². The molecule has 0 atom stereocenters. The molecule has 2 heteroatoms. The van der Waals surface area contributed by atoms with Crippen LogP contribution in [-0.2, 0) is 6.54 Å². The maximum Gasteiger partial charge on any atom is 0.125 e. The Morgan fingerprint density at radius 1 is 0.933 bits per heavy atom. The zero-order valence-corrected chi connectivity index (χ0v) is 19.8. The Hall–Kier alpha value is -1.54. The molecular weight excluding hydrogens is 366 g/mol. The van der Waals surface area contributed by atoms with Crippen molar-refractivity contribution in [3.63, 3.8) is 0 Å². The first-order valence-electron chi connectivity index (χ1n) is 12.2. The van der Waals surface area contributed by atoms with Crippen molar-refractivity contribution in [2.45, 2.75) is 85.8 Å². The van der Waals surface area contributed by atoms with Crippen molar-refractivity contribution in [2.24, 2.45) is 17.3 Å². The van der Waals surface area contributed by atoms with Crippen molar-refractivity contribution < 1.29 is 4.74 Å². The van der Waals surface area contributed by atoms with E-state index in [2.05, 4.69) is 69.9 Å². The number of nitrogens with zero attached hydrogens (tertiary/aromatic N) is 1. The average molecular weight is 408 g/mol. The van der Waals surface area contributed by atoms with Gasteiger partial charge in [0.15, 0.2) is 0 Å². The zero-order valence-electron chi connectivity index (χ0n) is 19.8. The maximum atomic E-state index is 6.77. The lowest BCUT2D eigenvalue weighted by Crippen LogP contribution is -2.33. The minimum atomic E-state index is 0.365. The molecule has 164 valence electrons. The van der Waals surface area contributed by atoms with Gasteiger partial charge in [0, 0.05) is 12.1 Å². The van der Waals surface area contributed by atoms with E-state index in [9.17, 15) is 0 Å². The standard InChI is InChI=1S/C28H41NO/c1-20-14-16-29(17-15-20)19-26-25-9-7-6-8-24(25)21(2)18-27(26)30-23-12-10-22(11-13-23)28(3,4)5/h6-9,18,20,22-23H,10-17,19H2,1-5H3. The van der Waals surface area contributed by atoms with Crippen molar-refractivity contribution in [1.29, 1.82) is 0 Å². The largest absolute Gasteiger partial charge is 0.490 e. The summed E-state index contributed by atoms with van der Waals surface area (Å²) >= 11 is 0. The quantitative estimate of drug-likeness (QED) is 0.525. The molecule has 1 aliphatic heterocycles. The normalized spacial score (nSPS) is 24.3. The van der Waals surface area contributed by atoms with Crippen LogP contribution in [0.15, 0.2) is 30.3 Å². The molecule has 0 bridgehead atoms. The molecule has 2 aliphatic rings. The maximum absolute atomic E-state index is 6.77. The van der Waals surface area contributed by atoms with E-state index in [-0.39, 0.29) is 0 Å². The monoisotopic (exact) mass is 407 g/mol. The molecule has 2 fully saturated rings. The Bertz CT molecular complexity index is 849. The van der Waals surface area contributed by atoms with Gasteiger partial charge in [-0.1, -0.05) is 52.0 Å². The molecule has 0 amide bonds. The van der Waals surface area contributed by atoms with Gasteiger partial charge in [0.05, 0.1) is 6.10 Å². The van der Waals surface area contributed by atoms with E-state index in [4.69, 9.17) is 4.74 Å². The third-order valence-corrected chi connectivity index (χ3v) is 7.77. The number of fused-ring (bicyclic) bond motifs is 1. The van der Waals surface area contributed by atoms with E-state index in [1.165, 1.54) is 73.5 Å². The first kappa shape index (κ1) is 21.7. The average Bonchev–Trinajstić information content (AvgIpc) is 2.72. The van der Waals surface area contributed by atoms with E-state index in [0.717, 1.165) is 24.1 Å². The predicted octanol–water partition coefficient (Wildman–Crippen LogP) is 7.36. The fraction of sp³-hybridized carbons (Fsp3) is 0.643. The summed E-state index contributed by atoms with van der Waals surface area (Å²) in [4.78, 5) is 2.64. The summed E-state index contributed by atoms with van der Waals surface area (Å²) in [6, 6.07) is 11.2. The van der Waals surface area contributed by atoms with E-state index in [1.54, 1.807) is 0 Å². The van der Waals surface area contributed by atoms with Gasteiger partial charge in [-0.3, -0.25) is 4.90 Å². The minimum Gasteiger partial charge on any atom is -0.490 e. The SMILES string of the molecule is Cc1cc(OC2CCC(C(C)(C)C)CC2)c(CN2CCC(C)CC2)c2ccccc12. The predicted molar refractivity (Wildman–Crippen MR) is 128 cm³/mol. The molecule has 30 heavy (non-hydrogen) atoms. The first-order chi connectivity index (χ1) is 14.3. The molecular formula is C28H41NO. The fourth-order valence-corrected chi connectivity index (χ4v) is 5.52. The Labute approximate surface area is 184 Å². The van der Waals surface area contributed by atoms with Crippen LogP contribution in [0.2, 0.25) is 0 Å². The molecule has 1 heterocycles. The summed E-state index contributed by atoms with van der Waals surface area (Å²) in [5.41, 5.74) is 3.16. The summed E-state index contributed by atoms with van der Waals surface area (Å²) in [5, 5.41) is 2.76. The summed E-state index contributed by atoms with van der Waals surface area (Å²) in [7, 11) is 0. The number of piperidine rings is 1. The van der Waals surface area contributed by atoms with E-state index >= 15 is 0 Å². The van der Waals surface area contributed by atoms with Crippen LogP contribution >= 0.6 is 0 Å². The molecule has 4 rings (SSSR count). The highest BCUT2D eigenvalue weighted by atomic mass is 16.5. The molecule has 0 spiro atoms. The van der Waals surface area contributed by atoms with Gasteiger partial charge < -0.3 is 4.74 Å². The molecule has 1 saturated carbocycles. The lowest BCUT2D eigenvalue weighted by Gasteiger charge is -2.37. The Balaban J connectivity index is 1.57. The topological polar surface area (TPSA) is 12.5 Å². The van der Waals surface area contributed by atoms with Crippen LogP contribution in [0.25, 0.3) is 10.8 Å². The second-order valence-corrected chi connectivity index (χ2v) is 11.1. The second kappa shape index (κ2) is 8.91.